The molecule has 0 saturated carbocycles. The molecule has 21 heavy (non-hydrogen) atoms. The Balaban J connectivity index is 2.72. The van der Waals surface area contributed by atoms with Gasteiger partial charge in [-0.15, -0.1) is 11.8 Å². The molecule has 1 aromatic rings. The Morgan fingerprint density at radius 1 is 1.19 bits per heavy atom. The Morgan fingerprint density at radius 2 is 1.76 bits per heavy atom. The summed E-state index contributed by atoms with van der Waals surface area (Å²) >= 11 is 1.56. The fraction of sp³-hybridized carbons (Fsp3) is 0.500. The molecule has 2 unspecified atom stereocenters. The summed E-state index contributed by atoms with van der Waals surface area (Å²) in [7, 11) is 1.56. The molecule has 0 saturated heterocycles. The molecule has 5 heteroatoms. The summed E-state index contributed by atoms with van der Waals surface area (Å²) < 4.78 is 0. The number of carboxylic acids is 1. The normalized spacial score (nSPS) is 13.8. The standard InChI is InChI=1S/C16H23NO3S/c1-11(2)14(15(18)17(4)12(3)16(19)20)21-10-13-8-6-5-7-9-13/h5-9,11-12,14H,10H2,1-4H3,(H,19,20). The first-order chi connectivity index (χ1) is 9.84. The van der Waals surface area contributed by atoms with Crippen molar-refractivity contribution in [2.75, 3.05) is 7.05 Å². The van der Waals surface area contributed by atoms with Crippen molar-refractivity contribution in [3.05, 3.63) is 35.9 Å². The number of aliphatic carboxylic acids is 1. The number of hydrogen-bond acceptors (Lipinski definition) is 3. The van der Waals surface area contributed by atoms with Crippen molar-refractivity contribution in [3.63, 3.8) is 0 Å². The lowest BCUT2D eigenvalue weighted by atomic mass is 10.1. The van der Waals surface area contributed by atoms with Crippen LogP contribution in [-0.2, 0) is 15.3 Å². The summed E-state index contributed by atoms with van der Waals surface area (Å²) in [5, 5.41) is 8.79. The number of carboxylic acid groups (broad SMARTS) is 1. The van der Waals surface area contributed by atoms with Crippen molar-refractivity contribution in [2.24, 2.45) is 5.92 Å². The van der Waals surface area contributed by atoms with Crippen molar-refractivity contribution in [1.82, 2.24) is 4.90 Å². The van der Waals surface area contributed by atoms with Crippen molar-refractivity contribution in [1.29, 1.82) is 0 Å². The quantitative estimate of drug-likeness (QED) is 0.841. The molecular weight excluding hydrogens is 286 g/mol. The maximum atomic E-state index is 12.5. The molecule has 0 aliphatic heterocycles. The fourth-order valence-electron chi connectivity index (χ4n) is 1.87. The molecule has 0 heterocycles. The Morgan fingerprint density at radius 3 is 2.24 bits per heavy atom. The van der Waals surface area contributed by atoms with E-state index in [1.807, 2.05) is 44.2 Å². The number of carbonyl (C=O) groups excluding carboxylic acids is 1. The molecular formula is C16H23NO3S. The third kappa shape index (κ3) is 5.08. The molecule has 0 aliphatic carbocycles. The molecule has 0 fully saturated rings. The average molecular weight is 309 g/mol. The van der Waals surface area contributed by atoms with Crippen LogP contribution in [-0.4, -0.2) is 40.2 Å². The third-order valence-electron chi connectivity index (χ3n) is 3.41. The number of nitrogens with zero attached hydrogens (tertiary/aromatic N) is 1. The van der Waals surface area contributed by atoms with Gasteiger partial charge in [0, 0.05) is 12.8 Å². The summed E-state index contributed by atoms with van der Waals surface area (Å²) in [5.41, 5.74) is 1.16. The van der Waals surface area contributed by atoms with Crippen molar-refractivity contribution >= 4 is 23.6 Å². The van der Waals surface area contributed by atoms with Gasteiger partial charge in [-0.1, -0.05) is 44.2 Å². The van der Waals surface area contributed by atoms with Gasteiger partial charge in [0.25, 0.3) is 0 Å². The predicted molar refractivity (Wildman–Crippen MR) is 86.2 cm³/mol. The monoisotopic (exact) mass is 309 g/mol. The lowest BCUT2D eigenvalue weighted by molar-refractivity contribution is -0.148. The predicted octanol–water partition coefficient (Wildman–Crippen LogP) is 2.88. The highest BCUT2D eigenvalue weighted by molar-refractivity contribution is 7.99. The van der Waals surface area contributed by atoms with Crippen LogP contribution in [0.25, 0.3) is 0 Å². The Hall–Kier alpha value is -1.49. The largest absolute Gasteiger partial charge is 0.480 e. The van der Waals surface area contributed by atoms with E-state index in [4.69, 9.17) is 5.11 Å². The topological polar surface area (TPSA) is 57.6 Å². The lowest BCUT2D eigenvalue weighted by Gasteiger charge is -2.28. The van der Waals surface area contributed by atoms with Crippen LogP contribution >= 0.6 is 11.8 Å². The van der Waals surface area contributed by atoms with E-state index in [-0.39, 0.29) is 17.1 Å². The maximum absolute atomic E-state index is 12.5. The first kappa shape index (κ1) is 17.6. The second-order valence-electron chi connectivity index (χ2n) is 5.42. The van der Waals surface area contributed by atoms with Crippen LogP contribution in [0.4, 0.5) is 0 Å². The van der Waals surface area contributed by atoms with Gasteiger partial charge in [-0.25, -0.2) is 4.79 Å². The summed E-state index contributed by atoms with van der Waals surface area (Å²) in [6.45, 7) is 5.50. The van der Waals surface area contributed by atoms with Crippen LogP contribution in [0.2, 0.25) is 0 Å². The first-order valence-electron chi connectivity index (χ1n) is 6.99. The molecule has 0 radical (unpaired) electrons. The lowest BCUT2D eigenvalue weighted by Crippen LogP contribution is -2.45. The minimum absolute atomic E-state index is 0.124. The number of benzene rings is 1. The molecule has 0 aromatic heterocycles. The Kier molecular flexibility index (Phi) is 6.75. The number of carbonyl (C=O) groups is 2. The van der Waals surface area contributed by atoms with Crippen LogP contribution in [0.1, 0.15) is 26.3 Å². The van der Waals surface area contributed by atoms with Gasteiger partial charge < -0.3 is 10.0 Å². The van der Waals surface area contributed by atoms with E-state index in [0.29, 0.717) is 0 Å². The van der Waals surface area contributed by atoms with Crippen LogP contribution < -0.4 is 0 Å². The Bertz CT molecular complexity index is 476. The fourth-order valence-corrected chi connectivity index (χ4v) is 3.12. The van der Waals surface area contributed by atoms with E-state index >= 15 is 0 Å². The molecule has 1 N–H and O–H groups in total. The summed E-state index contributed by atoms with van der Waals surface area (Å²) in [4.78, 5) is 24.8. The highest BCUT2D eigenvalue weighted by Gasteiger charge is 2.30. The van der Waals surface area contributed by atoms with Gasteiger partial charge in [-0.05, 0) is 18.4 Å². The van der Waals surface area contributed by atoms with Gasteiger partial charge in [0.2, 0.25) is 5.91 Å². The minimum atomic E-state index is -0.985. The maximum Gasteiger partial charge on any atom is 0.326 e. The van der Waals surface area contributed by atoms with Gasteiger partial charge in [-0.2, -0.15) is 0 Å². The number of rotatable bonds is 7. The zero-order valence-electron chi connectivity index (χ0n) is 12.9. The molecule has 1 amide bonds. The first-order valence-corrected chi connectivity index (χ1v) is 8.04. The van der Waals surface area contributed by atoms with Crippen LogP contribution in [0.15, 0.2) is 30.3 Å². The molecule has 2 atom stereocenters. The highest BCUT2D eigenvalue weighted by atomic mass is 32.2. The molecule has 0 aliphatic rings. The molecule has 0 bridgehead atoms. The van der Waals surface area contributed by atoms with Gasteiger partial charge >= 0.3 is 5.97 Å². The Labute approximate surface area is 130 Å². The zero-order chi connectivity index (χ0) is 16.0. The van der Waals surface area contributed by atoms with Crippen LogP contribution in [0.3, 0.4) is 0 Å². The van der Waals surface area contributed by atoms with Gasteiger partial charge in [0.1, 0.15) is 6.04 Å². The van der Waals surface area contributed by atoms with Crippen molar-refractivity contribution in [3.8, 4) is 0 Å². The van der Waals surface area contributed by atoms with E-state index in [0.717, 1.165) is 11.3 Å². The second-order valence-corrected chi connectivity index (χ2v) is 6.55. The zero-order valence-corrected chi connectivity index (χ0v) is 13.8. The van der Waals surface area contributed by atoms with Crippen LogP contribution in [0.5, 0.6) is 0 Å². The average Bonchev–Trinajstić information content (AvgIpc) is 2.46. The highest BCUT2D eigenvalue weighted by Crippen LogP contribution is 2.25. The van der Waals surface area contributed by atoms with Gasteiger partial charge in [0.15, 0.2) is 0 Å². The molecule has 116 valence electrons. The van der Waals surface area contributed by atoms with Crippen molar-refractivity contribution in [2.45, 2.75) is 37.8 Å². The second kappa shape index (κ2) is 8.08. The molecule has 1 rings (SSSR count). The van der Waals surface area contributed by atoms with E-state index < -0.39 is 12.0 Å². The minimum Gasteiger partial charge on any atom is -0.480 e. The number of thioether (sulfide) groups is 1. The molecule has 4 nitrogen and oxygen atoms in total. The van der Waals surface area contributed by atoms with Gasteiger partial charge in [0.05, 0.1) is 5.25 Å². The van der Waals surface area contributed by atoms with Crippen molar-refractivity contribution < 1.29 is 14.7 Å². The van der Waals surface area contributed by atoms with E-state index in [2.05, 4.69) is 0 Å². The SMILES string of the molecule is CC(C)C(SCc1ccccc1)C(=O)N(C)C(C)C(=O)O. The van der Waals surface area contributed by atoms with E-state index in [1.165, 1.54) is 11.8 Å². The van der Waals surface area contributed by atoms with E-state index in [9.17, 15) is 9.59 Å². The molecule has 0 spiro atoms. The van der Waals surface area contributed by atoms with Gasteiger partial charge in [-0.3, -0.25) is 4.79 Å². The summed E-state index contributed by atoms with van der Waals surface area (Å²) in [6.07, 6.45) is 0. The van der Waals surface area contributed by atoms with E-state index in [1.54, 1.807) is 18.8 Å². The number of amides is 1. The molecule has 1 aromatic carbocycles. The third-order valence-corrected chi connectivity index (χ3v) is 5.01. The van der Waals surface area contributed by atoms with Crippen LogP contribution in [0, 0.1) is 5.92 Å². The number of likely N-dealkylation sites (N-methyl/N-ethyl adjacent to an activating group) is 1. The number of hydrogen-bond donors (Lipinski definition) is 1. The summed E-state index contributed by atoms with van der Waals surface area (Å²) in [5.74, 6) is -0.220. The summed E-state index contributed by atoms with van der Waals surface area (Å²) in [6, 6.07) is 9.15. The smallest absolute Gasteiger partial charge is 0.326 e.